The predicted molar refractivity (Wildman–Crippen MR) is 88.3 cm³/mol. The Labute approximate surface area is 134 Å². The van der Waals surface area contributed by atoms with Crippen LogP contribution in [-0.2, 0) is 11.3 Å². The van der Waals surface area contributed by atoms with E-state index in [-0.39, 0.29) is 12.1 Å². The molecule has 2 N–H and O–H groups in total. The number of rotatable bonds is 6. The van der Waals surface area contributed by atoms with E-state index in [1.807, 2.05) is 55.5 Å². The molecule has 0 aliphatic rings. The maximum Gasteiger partial charge on any atom is 0.118 e. The number of hydrogen-bond acceptors (Lipinski definition) is 3. The van der Waals surface area contributed by atoms with Gasteiger partial charge in [-0.25, -0.2) is 0 Å². The summed E-state index contributed by atoms with van der Waals surface area (Å²) < 4.78 is 12.2. The molecule has 0 aromatic heterocycles. The van der Waals surface area contributed by atoms with Gasteiger partial charge in [0.2, 0.25) is 0 Å². The van der Waals surface area contributed by atoms with E-state index >= 15 is 0 Å². The van der Waals surface area contributed by atoms with Crippen LogP contribution in [0.5, 0.6) is 5.75 Å². The van der Waals surface area contributed by atoms with Gasteiger partial charge < -0.3 is 15.2 Å². The number of nitrogens with two attached hydrogens (primary N) is 1. The highest BCUT2D eigenvalue weighted by molar-refractivity contribution is 9.10. The number of hydrogen-bond donors (Lipinski definition) is 1. The van der Waals surface area contributed by atoms with Gasteiger partial charge in [-0.05, 0) is 42.3 Å². The van der Waals surface area contributed by atoms with Crippen molar-refractivity contribution in [3.8, 4) is 5.75 Å². The number of ether oxygens (including phenoxy) is 2. The molecule has 0 spiro atoms. The third kappa shape index (κ3) is 4.56. The highest BCUT2D eigenvalue weighted by atomic mass is 79.9. The maximum atomic E-state index is 6.07. The zero-order valence-electron chi connectivity index (χ0n) is 12.3. The highest BCUT2D eigenvalue weighted by Gasteiger charge is 2.17. The van der Waals surface area contributed by atoms with Crippen LogP contribution < -0.4 is 10.5 Å². The summed E-state index contributed by atoms with van der Waals surface area (Å²) in [5.74, 6) is 0.828. The summed E-state index contributed by atoms with van der Waals surface area (Å²) in [7, 11) is 1.65. The average molecular weight is 350 g/mol. The summed E-state index contributed by atoms with van der Waals surface area (Å²) in [5.41, 5.74) is 8.24. The van der Waals surface area contributed by atoms with Crippen molar-refractivity contribution in [3.63, 3.8) is 0 Å². The molecule has 0 aliphatic heterocycles. The highest BCUT2D eigenvalue weighted by Crippen LogP contribution is 2.24. The van der Waals surface area contributed by atoms with Crippen LogP contribution in [0, 0.1) is 0 Å². The Bertz CT molecular complexity index is 569. The van der Waals surface area contributed by atoms with Crippen LogP contribution in [0.3, 0.4) is 0 Å². The van der Waals surface area contributed by atoms with Gasteiger partial charge in [0.15, 0.2) is 0 Å². The Morgan fingerprint density at radius 1 is 1.14 bits per heavy atom. The number of halogens is 1. The molecule has 2 atom stereocenters. The summed E-state index contributed by atoms with van der Waals surface area (Å²) in [6, 6.07) is 15.8. The van der Waals surface area contributed by atoms with Gasteiger partial charge in [0.25, 0.3) is 0 Å². The molecular weight excluding hydrogens is 330 g/mol. The minimum atomic E-state index is -0.144. The summed E-state index contributed by atoms with van der Waals surface area (Å²) in [6.07, 6.45) is -0.144. The van der Waals surface area contributed by atoms with Crippen LogP contribution in [0.4, 0.5) is 0 Å². The minimum Gasteiger partial charge on any atom is -0.497 e. The van der Waals surface area contributed by atoms with Crippen LogP contribution in [0.1, 0.15) is 24.2 Å². The van der Waals surface area contributed by atoms with Gasteiger partial charge in [-0.1, -0.05) is 40.2 Å². The second kappa shape index (κ2) is 7.59. The zero-order chi connectivity index (χ0) is 15.2. The Morgan fingerprint density at radius 2 is 1.86 bits per heavy atom. The van der Waals surface area contributed by atoms with E-state index in [4.69, 9.17) is 15.2 Å². The van der Waals surface area contributed by atoms with Crippen molar-refractivity contribution in [3.05, 3.63) is 64.1 Å². The molecule has 0 radical (unpaired) electrons. The van der Waals surface area contributed by atoms with Crippen LogP contribution >= 0.6 is 15.9 Å². The third-order valence-corrected chi connectivity index (χ3v) is 3.73. The van der Waals surface area contributed by atoms with Crippen molar-refractivity contribution in [2.75, 3.05) is 7.11 Å². The lowest BCUT2D eigenvalue weighted by atomic mass is 10.0. The summed E-state index contributed by atoms with van der Waals surface area (Å²) in [6.45, 7) is 2.48. The second-order valence-corrected chi connectivity index (χ2v) is 5.91. The van der Waals surface area contributed by atoms with Gasteiger partial charge in [0, 0.05) is 10.5 Å². The van der Waals surface area contributed by atoms with Gasteiger partial charge in [0.05, 0.1) is 19.8 Å². The number of methoxy groups -OCH3 is 1. The molecule has 0 saturated carbocycles. The van der Waals surface area contributed by atoms with Crippen LogP contribution in [0.2, 0.25) is 0 Å². The van der Waals surface area contributed by atoms with E-state index in [0.29, 0.717) is 6.61 Å². The molecule has 2 rings (SSSR count). The fourth-order valence-electron chi connectivity index (χ4n) is 2.16. The maximum absolute atomic E-state index is 6.07. The molecule has 2 unspecified atom stereocenters. The molecule has 0 heterocycles. The van der Waals surface area contributed by atoms with E-state index in [2.05, 4.69) is 15.9 Å². The monoisotopic (exact) mass is 349 g/mol. The predicted octanol–water partition coefficient (Wildman–Crippen LogP) is 4.06. The van der Waals surface area contributed by atoms with Crippen LogP contribution in [-0.4, -0.2) is 13.2 Å². The summed E-state index contributed by atoms with van der Waals surface area (Å²) in [4.78, 5) is 0. The van der Waals surface area contributed by atoms with E-state index in [1.54, 1.807) is 7.11 Å². The zero-order valence-corrected chi connectivity index (χ0v) is 13.8. The van der Waals surface area contributed by atoms with Crippen molar-refractivity contribution < 1.29 is 9.47 Å². The molecule has 0 bridgehead atoms. The van der Waals surface area contributed by atoms with E-state index in [1.165, 1.54) is 0 Å². The third-order valence-electron chi connectivity index (χ3n) is 3.24. The minimum absolute atomic E-state index is 0.0921. The lowest BCUT2D eigenvalue weighted by Crippen LogP contribution is -2.26. The normalized spacial score (nSPS) is 13.7. The van der Waals surface area contributed by atoms with E-state index in [9.17, 15) is 0 Å². The summed E-state index contributed by atoms with van der Waals surface area (Å²) in [5, 5.41) is 0. The second-order valence-electron chi connectivity index (χ2n) is 4.99. The topological polar surface area (TPSA) is 44.5 Å². The molecule has 0 saturated heterocycles. The molecule has 21 heavy (non-hydrogen) atoms. The Balaban J connectivity index is 2.08. The lowest BCUT2D eigenvalue weighted by Gasteiger charge is -2.22. The van der Waals surface area contributed by atoms with Gasteiger partial charge >= 0.3 is 0 Å². The van der Waals surface area contributed by atoms with Crippen molar-refractivity contribution in [1.29, 1.82) is 0 Å². The van der Waals surface area contributed by atoms with Gasteiger partial charge in [-0.2, -0.15) is 0 Å². The molecule has 0 amide bonds. The van der Waals surface area contributed by atoms with Crippen LogP contribution in [0.15, 0.2) is 53.0 Å². The molecule has 2 aromatic carbocycles. The standard InChI is InChI=1S/C17H20BrNO2/c1-12(19)17(14-6-8-16(20-2)9-7-14)21-11-13-4-3-5-15(18)10-13/h3-10,12,17H,11,19H2,1-2H3. The van der Waals surface area contributed by atoms with E-state index < -0.39 is 0 Å². The van der Waals surface area contributed by atoms with Crippen molar-refractivity contribution in [2.24, 2.45) is 5.73 Å². The SMILES string of the molecule is COc1ccc(C(OCc2cccc(Br)c2)C(C)N)cc1. The molecule has 112 valence electrons. The smallest absolute Gasteiger partial charge is 0.118 e. The largest absolute Gasteiger partial charge is 0.497 e. The van der Waals surface area contributed by atoms with Gasteiger partial charge in [-0.15, -0.1) is 0 Å². The van der Waals surface area contributed by atoms with E-state index in [0.717, 1.165) is 21.3 Å². The van der Waals surface area contributed by atoms with Crippen molar-refractivity contribution in [2.45, 2.75) is 25.7 Å². The Kier molecular flexibility index (Phi) is 5.79. The number of benzene rings is 2. The quantitative estimate of drug-likeness (QED) is 0.854. The first-order valence-corrected chi connectivity index (χ1v) is 7.65. The van der Waals surface area contributed by atoms with Crippen LogP contribution in [0.25, 0.3) is 0 Å². The molecule has 2 aromatic rings. The molecular formula is C17H20BrNO2. The van der Waals surface area contributed by atoms with Crippen molar-refractivity contribution in [1.82, 2.24) is 0 Å². The van der Waals surface area contributed by atoms with Gasteiger partial charge in [-0.3, -0.25) is 0 Å². The Hall–Kier alpha value is -1.36. The summed E-state index contributed by atoms with van der Waals surface area (Å²) >= 11 is 3.46. The van der Waals surface area contributed by atoms with Crippen molar-refractivity contribution >= 4 is 15.9 Å². The first kappa shape index (κ1) is 16.0. The molecule has 0 fully saturated rings. The fraction of sp³-hybridized carbons (Fsp3) is 0.294. The molecule has 0 aliphatic carbocycles. The van der Waals surface area contributed by atoms with Gasteiger partial charge in [0.1, 0.15) is 5.75 Å². The fourth-order valence-corrected chi connectivity index (χ4v) is 2.60. The Morgan fingerprint density at radius 3 is 2.43 bits per heavy atom. The molecule has 3 nitrogen and oxygen atoms in total. The average Bonchev–Trinajstić information content (AvgIpc) is 2.48. The molecule has 4 heteroatoms. The first-order chi connectivity index (χ1) is 10.1. The first-order valence-electron chi connectivity index (χ1n) is 6.85. The lowest BCUT2D eigenvalue weighted by molar-refractivity contribution is 0.0258.